The number of nitrogens with one attached hydrogen (secondary N) is 4. The lowest BCUT2D eigenvalue weighted by Gasteiger charge is -2.09. The number of rotatable bonds is 7. The maximum atomic E-state index is 11.8. The van der Waals surface area contributed by atoms with Gasteiger partial charge >= 0.3 is 0 Å². The van der Waals surface area contributed by atoms with Gasteiger partial charge in [-0.1, -0.05) is 13.8 Å². The van der Waals surface area contributed by atoms with Crippen molar-refractivity contribution in [3.05, 3.63) is 11.4 Å². The summed E-state index contributed by atoms with van der Waals surface area (Å²) in [6, 6.07) is 0. The third-order valence-corrected chi connectivity index (χ3v) is 2.44. The Balaban J connectivity index is 2.46. The van der Waals surface area contributed by atoms with Gasteiger partial charge in [0.25, 0.3) is 5.91 Å². The number of carbonyl (C=O) groups excluding carboxylic acids is 1. The summed E-state index contributed by atoms with van der Waals surface area (Å²) in [5.74, 6) is 0.329. The number of hydrogen-bond acceptors (Lipinski definition) is 5. The zero-order valence-corrected chi connectivity index (χ0v) is 10.5. The van der Waals surface area contributed by atoms with E-state index >= 15 is 0 Å². The highest BCUT2D eigenvalue weighted by atomic mass is 16.2. The minimum absolute atomic E-state index is 0.102. The van der Waals surface area contributed by atoms with Crippen LogP contribution in [0.2, 0.25) is 0 Å². The van der Waals surface area contributed by atoms with Crippen LogP contribution in [0, 0.1) is 5.92 Å². The first kappa shape index (κ1) is 13.8. The molecule has 0 aromatic heterocycles. The molecule has 1 heterocycles. The van der Waals surface area contributed by atoms with Gasteiger partial charge in [0.05, 0.1) is 5.70 Å². The zero-order valence-electron chi connectivity index (χ0n) is 10.5. The first-order chi connectivity index (χ1) is 8.15. The van der Waals surface area contributed by atoms with Crippen LogP contribution in [0.5, 0.6) is 0 Å². The van der Waals surface area contributed by atoms with E-state index in [1.165, 1.54) is 0 Å². The molecule has 0 spiro atoms. The molecule has 0 radical (unpaired) electrons. The standard InChI is InChI=1S/C11H22N4O2/c1-8(2)7-12-11(17)10-9(13-15-14-10)5-3-4-6-16/h8,13-16H,3-7H2,1-2H3,(H,12,17). The van der Waals surface area contributed by atoms with Crippen molar-refractivity contribution in [3.8, 4) is 0 Å². The highest BCUT2D eigenvalue weighted by Crippen LogP contribution is 2.10. The predicted molar refractivity (Wildman–Crippen MR) is 65.2 cm³/mol. The van der Waals surface area contributed by atoms with Gasteiger partial charge in [0.1, 0.15) is 5.70 Å². The van der Waals surface area contributed by atoms with E-state index in [0.717, 1.165) is 25.0 Å². The second kappa shape index (κ2) is 7.13. The van der Waals surface area contributed by atoms with Crippen LogP contribution in [0.25, 0.3) is 0 Å². The van der Waals surface area contributed by atoms with E-state index in [0.29, 0.717) is 18.2 Å². The van der Waals surface area contributed by atoms with Gasteiger partial charge in [0, 0.05) is 13.2 Å². The number of aliphatic hydroxyl groups excluding tert-OH is 1. The van der Waals surface area contributed by atoms with E-state index in [1.807, 2.05) is 0 Å². The first-order valence-corrected chi connectivity index (χ1v) is 6.04. The molecule has 0 unspecified atom stereocenters. The maximum absolute atomic E-state index is 11.8. The van der Waals surface area contributed by atoms with Crippen LogP contribution in [0.15, 0.2) is 11.4 Å². The molecule has 1 rings (SSSR count). The molecule has 1 aliphatic rings. The molecule has 0 saturated carbocycles. The summed E-state index contributed by atoms with van der Waals surface area (Å²) in [6.07, 6.45) is 2.33. The Morgan fingerprint density at radius 3 is 2.76 bits per heavy atom. The normalized spacial score (nSPS) is 14.8. The summed E-state index contributed by atoms with van der Waals surface area (Å²) >= 11 is 0. The largest absolute Gasteiger partial charge is 0.396 e. The molecule has 0 atom stereocenters. The molecular weight excluding hydrogens is 220 g/mol. The van der Waals surface area contributed by atoms with Gasteiger partial charge in [0.15, 0.2) is 0 Å². The van der Waals surface area contributed by atoms with Crippen LogP contribution < -0.4 is 21.7 Å². The van der Waals surface area contributed by atoms with Crippen LogP contribution in [-0.4, -0.2) is 24.2 Å². The monoisotopic (exact) mass is 242 g/mol. The fourth-order valence-corrected chi connectivity index (χ4v) is 1.49. The first-order valence-electron chi connectivity index (χ1n) is 6.04. The molecule has 0 saturated heterocycles. The lowest BCUT2D eigenvalue weighted by atomic mass is 10.1. The van der Waals surface area contributed by atoms with Crippen LogP contribution in [0.3, 0.4) is 0 Å². The van der Waals surface area contributed by atoms with Crippen LogP contribution in [0.1, 0.15) is 33.1 Å². The van der Waals surface area contributed by atoms with Crippen molar-refractivity contribution in [3.63, 3.8) is 0 Å². The SMILES string of the molecule is CC(C)CNC(=O)C1=C(CCCCO)NNN1. The van der Waals surface area contributed by atoms with Crippen LogP contribution >= 0.6 is 0 Å². The zero-order chi connectivity index (χ0) is 12.7. The third-order valence-electron chi connectivity index (χ3n) is 2.44. The lowest BCUT2D eigenvalue weighted by molar-refractivity contribution is -0.118. The third kappa shape index (κ3) is 4.62. The van der Waals surface area contributed by atoms with Gasteiger partial charge in [0.2, 0.25) is 0 Å². The van der Waals surface area contributed by atoms with Crippen molar-refractivity contribution >= 4 is 5.91 Å². The molecule has 0 aromatic rings. The molecule has 17 heavy (non-hydrogen) atoms. The van der Waals surface area contributed by atoms with Crippen molar-refractivity contribution < 1.29 is 9.90 Å². The number of carbonyl (C=O) groups is 1. The molecule has 0 aliphatic carbocycles. The fourth-order valence-electron chi connectivity index (χ4n) is 1.49. The average Bonchev–Trinajstić information content (AvgIpc) is 2.74. The average molecular weight is 242 g/mol. The van der Waals surface area contributed by atoms with Gasteiger partial charge < -0.3 is 15.8 Å². The topological polar surface area (TPSA) is 85.4 Å². The number of hydrogen-bond donors (Lipinski definition) is 5. The number of unbranched alkanes of at least 4 members (excludes halogenated alkanes) is 1. The molecular formula is C11H22N4O2. The van der Waals surface area contributed by atoms with Crippen molar-refractivity contribution in [1.29, 1.82) is 0 Å². The fraction of sp³-hybridized carbons (Fsp3) is 0.727. The molecule has 98 valence electrons. The van der Waals surface area contributed by atoms with Gasteiger partial charge in [-0.2, -0.15) is 5.53 Å². The molecule has 0 fully saturated rings. The Bertz CT molecular complexity index is 289. The Kier molecular flexibility index (Phi) is 5.79. The van der Waals surface area contributed by atoms with E-state index in [4.69, 9.17) is 5.11 Å². The van der Waals surface area contributed by atoms with Crippen molar-refractivity contribution in [2.75, 3.05) is 13.2 Å². The number of allylic oxidation sites excluding steroid dienone is 1. The van der Waals surface area contributed by atoms with Gasteiger partial charge in [-0.05, 0) is 25.2 Å². The number of hydrazine groups is 2. The van der Waals surface area contributed by atoms with Crippen molar-refractivity contribution in [1.82, 2.24) is 21.7 Å². The lowest BCUT2D eigenvalue weighted by Crippen LogP contribution is -2.37. The molecule has 5 N–H and O–H groups in total. The minimum Gasteiger partial charge on any atom is -0.396 e. The summed E-state index contributed by atoms with van der Waals surface area (Å²) in [4.78, 5) is 11.8. The summed E-state index contributed by atoms with van der Waals surface area (Å²) in [6.45, 7) is 4.95. The Labute approximate surface area is 102 Å². The summed E-state index contributed by atoms with van der Waals surface area (Å²) in [7, 11) is 0. The minimum atomic E-state index is -0.102. The van der Waals surface area contributed by atoms with E-state index in [2.05, 4.69) is 35.6 Å². The molecule has 1 aliphatic heterocycles. The van der Waals surface area contributed by atoms with E-state index < -0.39 is 0 Å². The van der Waals surface area contributed by atoms with E-state index in [1.54, 1.807) is 0 Å². The summed E-state index contributed by atoms with van der Waals surface area (Å²) in [5.41, 5.74) is 9.82. The predicted octanol–water partition coefficient (Wildman–Crippen LogP) is -0.255. The quantitative estimate of drug-likeness (QED) is 0.397. The van der Waals surface area contributed by atoms with Gasteiger partial charge in [-0.25, -0.2) is 0 Å². The van der Waals surface area contributed by atoms with E-state index in [-0.39, 0.29) is 12.5 Å². The smallest absolute Gasteiger partial charge is 0.270 e. The highest BCUT2D eigenvalue weighted by molar-refractivity contribution is 5.93. The van der Waals surface area contributed by atoms with Crippen LogP contribution in [-0.2, 0) is 4.79 Å². The van der Waals surface area contributed by atoms with Crippen LogP contribution in [0.4, 0.5) is 0 Å². The maximum Gasteiger partial charge on any atom is 0.270 e. The van der Waals surface area contributed by atoms with Gasteiger partial charge in [-0.15, -0.1) is 0 Å². The second-order valence-corrected chi connectivity index (χ2v) is 4.51. The molecule has 0 aromatic carbocycles. The molecule has 6 heteroatoms. The number of aliphatic hydroxyl groups is 1. The Morgan fingerprint density at radius 2 is 2.12 bits per heavy atom. The Morgan fingerprint density at radius 1 is 1.35 bits per heavy atom. The second-order valence-electron chi connectivity index (χ2n) is 4.51. The van der Waals surface area contributed by atoms with E-state index in [9.17, 15) is 4.79 Å². The summed E-state index contributed by atoms with van der Waals surface area (Å²) < 4.78 is 0. The van der Waals surface area contributed by atoms with Gasteiger partial charge in [-0.3, -0.25) is 10.2 Å². The molecule has 0 bridgehead atoms. The number of amides is 1. The molecule has 6 nitrogen and oxygen atoms in total. The van der Waals surface area contributed by atoms with Crippen molar-refractivity contribution in [2.24, 2.45) is 5.92 Å². The molecule has 1 amide bonds. The van der Waals surface area contributed by atoms with Crippen molar-refractivity contribution in [2.45, 2.75) is 33.1 Å². The Hall–Kier alpha value is -1.27. The highest BCUT2D eigenvalue weighted by Gasteiger charge is 2.19. The summed E-state index contributed by atoms with van der Waals surface area (Å²) in [5, 5.41) is 11.6.